The normalized spacial score (nSPS) is 15.6. The highest BCUT2D eigenvalue weighted by atomic mass is 79.9. The summed E-state index contributed by atoms with van der Waals surface area (Å²) in [5.74, 6) is -2.58. The Kier molecular flexibility index (Phi) is 3.27. The SMILES string of the molecule is O=C(O)C(F)(c1ccc(Br)cc1)C(F)(F)F. The summed E-state index contributed by atoms with van der Waals surface area (Å²) in [6.07, 6.45) is -5.51. The van der Waals surface area contributed by atoms with E-state index in [1.165, 1.54) is 0 Å². The van der Waals surface area contributed by atoms with E-state index in [1.54, 1.807) is 0 Å². The van der Waals surface area contributed by atoms with Crippen molar-refractivity contribution in [2.24, 2.45) is 0 Å². The average molecular weight is 301 g/mol. The molecule has 1 unspecified atom stereocenters. The van der Waals surface area contributed by atoms with Crippen LogP contribution in [-0.2, 0) is 10.5 Å². The van der Waals surface area contributed by atoms with Crippen molar-refractivity contribution in [3.8, 4) is 0 Å². The van der Waals surface area contributed by atoms with Gasteiger partial charge in [0.05, 0.1) is 0 Å². The van der Waals surface area contributed by atoms with Gasteiger partial charge in [0.1, 0.15) is 0 Å². The van der Waals surface area contributed by atoms with Crippen molar-refractivity contribution in [1.82, 2.24) is 0 Å². The van der Waals surface area contributed by atoms with Gasteiger partial charge in [-0.15, -0.1) is 0 Å². The predicted octanol–water partition coefficient (Wildman–Crippen LogP) is 3.26. The number of carboxylic acid groups (broad SMARTS) is 1. The van der Waals surface area contributed by atoms with E-state index >= 15 is 0 Å². The van der Waals surface area contributed by atoms with Crippen LogP contribution in [0.2, 0.25) is 0 Å². The van der Waals surface area contributed by atoms with Crippen LogP contribution in [0.25, 0.3) is 0 Å². The molecule has 0 saturated heterocycles. The molecule has 0 aliphatic rings. The summed E-state index contributed by atoms with van der Waals surface area (Å²) < 4.78 is 51.1. The zero-order valence-electron chi connectivity index (χ0n) is 7.55. The first-order valence-corrected chi connectivity index (χ1v) is 4.74. The summed E-state index contributed by atoms with van der Waals surface area (Å²) in [7, 11) is 0. The summed E-state index contributed by atoms with van der Waals surface area (Å²) in [4.78, 5) is 10.4. The number of halogens is 5. The Bertz CT molecular complexity index is 401. The number of carbonyl (C=O) groups is 1. The highest BCUT2D eigenvalue weighted by Crippen LogP contribution is 2.43. The fraction of sp³-hybridized carbons (Fsp3) is 0.222. The van der Waals surface area contributed by atoms with Gasteiger partial charge in [-0.3, -0.25) is 0 Å². The minimum Gasteiger partial charge on any atom is -0.478 e. The van der Waals surface area contributed by atoms with Crippen LogP contribution in [0, 0.1) is 0 Å². The molecule has 0 aliphatic heterocycles. The summed E-state index contributed by atoms with van der Waals surface area (Å²) in [5, 5.41) is 8.38. The molecular weight excluding hydrogens is 296 g/mol. The molecule has 0 bridgehead atoms. The Morgan fingerprint density at radius 3 is 1.88 bits per heavy atom. The third-order valence-corrected chi connectivity index (χ3v) is 2.46. The van der Waals surface area contributed by atoms with Gasteiger partial charge < -0.3 is 5.11 Å². The minimum absolute atomic E-state index is 0.422. The molecule has 0 saturated carbocycles. The maximum atomic E-state index is 13.5. The Morgan fingerprint density at radius 2 is 1.56 bits per heavy atom. The Labute approximate surface area is 96.0 Å². The largest absolute Gasteiger partial charge is 0.478 e. The van der Waals surface area contributed by atoms with Gasteiger partial charge in [-0.1, -0.05) is 28.1 Å². The van der Waals surface area contributed by atoms with E-state index in [0.29, 0.717) is 4.47 Å². The van der Waals surface area contributed by atoms with Gasteiger partial charge >= 0.3 is 17.8 Å². The summed E-state index contributed by atoms with van der Waals surface area (Å²) in [5.41, 5.74) is -5.34. The quantitative estimate of drug-likeness (QED) is 0.851. The third kappa shape index (κ3) is 2.04. The standard InChI is InChI=1S/C9H5BrF4O2/c10-6-3-1-5(2-4-6)8(11,7(15)16)9(12,13)14/h1-4H,(H,15,16). The molecule has 0 spiro atoms. The molecule has 1 rings (SSSR count). The monoisotopic (exact) mass is 300 g/mol. The van der Waals surface area contributed by atoms with Crippen molar-refractivity contribution < 1.29 is 27.5 Å². The van der Waals surface area contributed by atoms with Crippen LogP contribution < -0.4 is 0 Å². The number of hydrogen-bond donors (Lipinski definition) is 1. The number of hydrogen-bond acceptors (Lipinski definition) is 1. The number of alkyl halides is 4. The lowest BCUT2D eigenvalue weighted by atomic mass is 9.95. The minimum atomic E-state index is -5.51. The van der Waals surface area contributed by atoms with Crippen LogP contribution in [-0.4, -0.2) is 17.3 Å². The van der Waals surface area contributed by atoms with Crippen molar-refractivity contribution in [3.05, 3.63) is 34.3 Å². The molecule has 88 valence electrons. The van der Waals surface area contributed by atoms with Crippen LogP contribution in [0.4, 0.5) is 17.6 Å². The van der Waals surface area contributed by atoms with Gasteiger partial charge in [0.15, 0.2) is 0 Å². The zero-order valence-corrected chi connectivity index (χ0v) is 9.14. The van der Waals surface area contributed by atoms with E-state index in [1.807, 2.05) is 0 Å². The van der Waals surface area contributed by atoms with Gasteiger partial charge in [-0.25, -0.2) is 9.18 Å². The van der Waals surface area contributed by atoms with Crippen molar-refractivity contribution in [1.29, 1.82) is 0 Å². The maximum absolute atomic E-state index is 13.5. The van der Waals surface area contributed by atoms with Crippen molar-refractivity contribution in [2.75, 3.05) is 0 Å². The highest BCUT2D eigenvalue weighted by molar-refractivity contribution is 9.10. The maximum Gasteiger partial charge on any atom is 0.437 e. The molecule has 1 aromatic carbocycles. The average Bonchev–Trinajstić information content (AvgIpc) is 2.15. The fourth-order valence-corrected chi connectivity index (χ4v) is 1.35. The number of benzene rings is 1. The second kappa shape index (κ2) is 4.04. The predicted molar refractivity (Wildman–Crippen MR) is 50.6 cm³/mol. The molecule has 1 N–H and O–H groups in total. The van der Waals surface area contributed by atoms with E-state index in [2.05, 4.69) is 15.9 Å². The molecule has 0 aliphatic carbocycles. The van der Waals surface area contributed by atoms with Crippen molar-refractivity contribution in [2.45, 2.75) is 11.8 Å². The lowest BCUT2D eigenvalue weighted by molar-refractivity contribution is -0.240. The van der Waals surface area contributed by atoms with Crippen molar-refractivity contribution >= 4 is 21.9 Å². The van der Waals surface area contributed by atoms with Crippen LogP contribution in [0.15, 0.2) is 28.7 Å². The molecule has 0 aromatic heterocycles. The van der Waals surface area contributed by atoms with Crippen LogP contribution in [0.5, 0.6) is 0 Å². The lowest BCUT2D eigenvalue weighted by Crippen LogP contribution is -2.45. The van der Waals surface area contributed by atoms with Gasteiger partial charge in [0.2, 0.25) is 0 Å². The Hall–Kier alpha value is -1.11. The molecule has 0 heterocycles. The molecule has 1 aromatic rings. The van der Waals surface area contributed by atoms with Gasteiger partial charge in [-0.2, -0.15) is 13.2 Å². The molecule has 2 nitrogen and oxygen atoms in total. The van der Waals surface area contributed by atoms with Gasteiger partial charge in [0, 0.05) is 10.0 Å². The molecular formula is C9H5BrF4O2. The molecule has 0 amide bonds. The number of carboxylic acids is 1. The first-order chi connectivity index (χ1) is 7.19. The van der Waals surface area contributed by atoms with E-state index in [-0.39, 0.29) is 0 Å². The zero-order chi connectivity index (χ0) is 12.6. The van der Waals surface area contributed by atoms with Crippen LogP contribution in [0.3, 0.4) is 0 Å². The number of rotatable bonds is 2. The topological polar surface area (TPSA) is 37.3 Å². The second-order valence-corrected chi connectivity index (χ2v) is 3.88. The molecule has 1 atom stereocenters. The summed E-state index contributed by atoms with van der Waals surface area (Å²) in [6.45, 7) is 0. The van der Waals surface area contributed by atoms with E-state index in [9.17, 15) is 22.4 Å². The lowest BCUT2D eigenvalue weighted by Gasteiger charge is -2.23. The highest BCUT2D eigenvalue weighted by Gasteiger charge is 2.63. The molecule has 0 fully saturated rings. The van der Waals surface area contributed by atoms with Gasteiger partial charge in [-0.05, 0) is 12.1 Å². The third-order valence-electron chi connectivity index (χ3n) is 1.93. The van der Waals surface area contributed by atoms with E-state index < -0.39 is 23.4 Å². The Balaban J connectivity index is 3.34. The molecule has 16 heavy (non-hydrogen) atoms. The summed E-state index contributed by atoms with van der Waals surface area (Å²) >= 11 is 2.95. The van der Waals surface area contributed by atoms with E-state index in [0.717, 1.165) is 24.3 Å². The smallest absolute Gasteiger partial charge is 0.437 e. The molecule has 0 radical (unpaired) electrons. The number of aliphatic carboxylic acids is 1. The Morgan fingerprint density at radius 1 is 1.12 bits per heavy atom. The van der Waals surface area contributed by atoms with Gasteiger partial charge in [0.25, 0.3) is 0 Å². The van der Waals surface area contributed by atoms with E-state index in [4.69, 9.17) is 5.11 Å². The summed E-state index contributed by atoms with van der Waals surface area (Å²) in [6, 6.07) is 3.81. The first-order valence-electron chi connectivity index (χ1n) is 3.94. The van der Waals surface area contributed by atoms with Crippen LogP contribution >= 0.6 is 15.9 Å². The first kappa shape index (κ1) is 13.0. The second-order valence-electron chi connectivity index (χ2n) is 2.97. The fourth-order valence-electron chi connectivity index (χ4n) is 1.09. The van der Waals surface area contributed by atoms with Crippen molar-refractivity contribution in [3.63, 3.8) is 0 Å². The van der Waals surface area contributed by atoms with Crippen LogP contribution in [0.1, 0.15) is 5.56 Å². The molecule has 7 heteroatoms.